The van der Waals surface area contributed by atoms with Crippen LogP contribution in [0.2, 0.25) is 0 Å². The Morgan fingerprint density at radius 1 is 0.947 bits per heavy atom. The first kappa shape index (κ1) is 13.0. The number of carbonyl (C=O) groups excluding carboxylic acids is 1. The summed E-state index contributed by atoms with van der Waals surface area (Å²) in [4.78, 5) is 22.3. The summed E-state index contributed by atoms with van der Waals surface area (Å²) in [6.07, 6.45) is 0. The number of carboxylic acid groups (broad SMARTS) is 1. The van der Waals surface area contributed by atoms with Crippen molar-refractivity contribution in [1.29, 1.82) is 0 Å². The Labute approximate surface area is 110 Å². The van der Waals surface area contributed by atoms with Gasteiger partial charge in [-0.25, -0.2) is 4.79 Å². The van der Waals surface area contributed by atoms with E-state index < -0.39 is 5.97 Å². The summed E-state index contributed by atoms with van der Waals surface area (Å²) in [5.41, 5.74) is 7.74. The van der Waals surface area contributed by atoms with Crippen LogP contribution in [0.4, 0.5) is 0 Å². The lowest BCUT2D eigenvalue weighted by molar-refractivity contribution is 0.0696. The average Bonchev–Trinajstić information content (AvgIpc) is 2.46. The van der Waals surface area contributed by atoms with Gasteiger partial charge >= 0.3 is 5.97 Å². The first-order valence-electron chi connectivity index (χ1n) is 5.79. The van der Waals surface area contributed by atoms with Crippen molar-refractivity contribution in [2.45, 2.75) is 0 Å². The second-order valence-electron chi connectivity index (χ2n) is 4.09. The number of aromatic carboxylic acids is 1. The molecule has 0 spiro atoms. The lowest BCUT2D eigenvalue weighted by Gasteiger charge is -2.04. The second-order valence-corrected chi connectivity index (χ2v) is 4.09. The SMILES string of the molecule is NCC(=O)c1ccc(-c2cccc(C(=O)O)c2)cc1. The van der Waals surface area contributed by atoms with Crippen LogP contribution in [0.15, 0.2) is 48.5 Å². The highest BCUT2D eigenvalue weighted by Crippen LogP contribution is 2.21. The van der Waals surface area contributed by atoms with Gasteiger partial charge in [0, 0.05) is 5.56 Å². The summed E-state index contributed by atoms with van der Waals surface area (Å²) in [7, 11) is 0. The molecule has 0 atom stereocenters. The second kappa shape index (κ2) is 5.46. The molecular weight excluding hydrogens is 242 g/mol. The normalized spacial score (nSPS) is 10.2. The van der Waals surface area contributed by atoms with E-state index in [9.17, 15) is 9.59 Å². The molecule has 2 aromatic rings. The number of ketones is 1. The van der Waals surface area contributed by atoms with Crippen molar-refractivity contribution < 1.29 is 14.7 Å². The Balaban J connectivity index is 2.34. The van der Waals surface area contributed by atoms with Gasteiger partial charge in [-0.2, -0.15) is 0 Å². The minimum atomic E-state index is -0.961. The van der Waals surface area contributed by atoms with Crippen molar-refractivity contribution in [2.24, 2.45) is 5.73 Å². The summed E-state index contributed by atoms with van der Waals surface area (Å²) in [5, 5.41) is 8.95. The summed E-state index contributed by atoms with van der Waals surface area (Å²) < 4.78 is 0. The summed E-state index contributed by atoms with van der Waals surface area (Å²) in [5.74, 6) is -1.08. The van der Waals surface area contributed by atoms with Gasteiger partial charge in [0.2, 0.25) is 0 Å². The molecule has 0 radical (unpaired) electrons. The highest BCUT2D eigenvalue weighted by Gasteiger charge is 2.06. The summed E-state index contributed by atoms with van der Waals surface area (Å²) >= 11 is 0. The van der Waals surface area contributed by atoms with E-state index in [-0.39, 0.29) is 17.9 Å². The number of carbonyl (C=O) groups is 2. The van der Waals surface area contributed by atoms with E-state index in [0.717, 1.165) is 11.1 Å². The van der Waals surface area contributed by atoms with Gasteiger partial charge < -0.3 is 10.8 Å². The van der Waals surface area contributed by atoms with E-state index in [1.54, 1.807) is 36.4 Å². The van der Waals surface area contributed by atoms with Crippen LogP contribution in [-0.4, -0.2) is 23.4 Å². The minimum Gasteiger partial charge on any atom is -0.478 e. The maximum atomic E-state index is 11.4. The molecule has 0 aliphatic carbocycles. The van der Waals surface area contributed by atoms with E-state index in [0.29, 0.717) is 5.56 Å². The Morgan fingerprint density at radius 3 is 2.21 bits per heavy atom. The highest BCUT2D eigenvalue weighted by atomic mass is 16.4. The highest BCUT2D eigenvalue weighted by molar-refractivity contribution is 5.98. The molecule has 0 heterocycles. The zero-order chi connectivity index (χ0) is 13.8. The molecule has 0 amide bonds. The number of carboxylic acids is 1. The molecule has 19 heavy (non-hydrogen) atoms. The maximum Gasteiger partial charge on any atom is 0.335 e. The molecule has 96 valence electrons. The van der Waals surface area contributed by atoms with Gasteiger partial charge in [-0.1, -0.05) is 36.4 Å². The monoisotopic (exact) mass is 255 g/mol. The summed E-state index contributed by atoms with van der Waals surface area (Å²) in [6.45, 7) is -0.0200. The van der Waals surface area contributed by atoms with Gasteiger partial charge in [0.05, 0.1) is 12.1 Å². The molecule has 2 rings (SSSR count). The lowest BCUT2D eigenvalue weighted by atomic mass is 10.0. The smallest absolute Gasteiger partial charge is 0.335 e. The molecule has 3 N–H and O–H groups in total. The molecule has 0 aliphatic heterocycles. The fraction of sp³-hybridized carbons (Fsp3) is 0.0667. The van der Waals surface area contributed by atoms with Crippen molar-refractivity contribution in [3.63, 3.8) is 0 Å². The molecule has 0 bridgehead atoms. The molecule has 0 unspecified atom stereocenters. The zero-order valence-electron chi connectivity index (χ0n) is 10.2. The quantitative estimate of drug-likeness (QED) is 0.821. The summed E-state index contributed by atoms with van der Waals surface area (Å²) in [6, 6.07) is 13.6. The molecule has 0 aromatic heterocycles. The number of hydrogen-bond acceptors (Lipinski definition) is 3. The molecule has 2 aromatic carbocycles. The minimum absolute atomic E-state index is 0.0200. The molecule has 0 saturated carbocycles. The van der Waals surface area contributed by atoms with E-state index in [2.05, 4.69) is 0 Å². The van der Waals surface area contributed by atoms with E-state index in [4.69, 9.17) is 10.8 Å². The Bertz CT molecular complexity index is 618. The fourth-order valence-electron chi connectivity index (χ4n) is 1.80. The Kier molecular flexibility index (Phi) is 3.73. The molecule has 0 saturated heterocycles. The van der Waals surface area contributed by atoms with Crippen LogP contribution in [0.1, 0.15) is 20.7 Å². The van der Waals surface area contributed by atoms with Crippen LogP contribution < -0.4 is 5.73 Å². The molecule has 4 nitrogen and oxygen atoms in total. The van der Waals surface area contributed by atoms with Crippen molar-refractivity contribution in [3.05, 3.63) is 59.7 Å². The lowest BCUT2D eigenvalue weighted by Crippen LogP contribution is -2.13. The third-order valence-corrected chi connectivity index (χ3v) is 2.84. The zero-order valence-corrected chi connectivity index (χ0v) is 10.2. The number of hydrogen-bond donors (Lipinski definition) is 2. The topological polar surface area (TPSA) is 80.4 Å². The number of benzene rings is 2. The first-order chi connectivity index (χ1) is 9.11. The molecule has 4 heteroatoms. The predicted molar refractivity (Wildman–Crippen MR) is 72.2 cm³/mol. The van der Waals surface area contributed by atoms with Gasteiger partial charge in [0.25, 0.3) is 0 Å². The average molecular weight is 255 g/mol. The van der Waals surface area contributed by atoms with Gasteiger partial charge in [0.15, 0.2) is 5.78 Å². The number of Topliss-reactive ketones (excluding diaryl/α,β-unsaturated/α-hetero) is 1. The Hall–Kier alpha value is -2.46. The van der Waals surface area contributed by atoms with E-state index in [1.807, 2.05) is 6.07 Å². The van der Waals surface area contributed by atoms with Crippen LogP contribution in [-0.2, 0) is 0 Å². The molecular formula is C15H13NO3. The van der Waals surface area contributed by atoms with Crippen LogP contribution in [0.25, 0.3) is 11.1 Å². The predicted octanol–water partition coefficient (Wildman–Crippen LogP) is 2.19. The van der Waals surface area contributed by atoms with Crippen molar-refractivity contribution in [2.75, 3.05) is 6.54 Å². The van der Waals surface area contributed by atoms with Gasteiger partial charge in [0.1, 0.15) is 0 Å². The number of nitrogens with two attached hydrogens (primary N) is 1. The number of rotatable bonds is 4. The molecule has 0 aliphatic rings. The fourth-order valence-corrected chi connectivity index (χ4v) is 1.80. The van der Waals surface area contributed by atoms with Crippen molar-refractivity contribution >= 4 is 11.8 Å². The third kappa shape index (κ3) is 2.86. The van der Waals surface area contributed by atoms with E-state index in [1.165, 1.54) is 6.07 Å². The van der Waals surface area contributed by atoms with Gasteiger partial charge in [-0.15, -0.1) is 0 Å². The van der Waals surface area contributed by atoms with Crippen molar-refractivity contribution in [3.8, 4) is 11.1 Å². The third-order valence-electron chi connectivity index (χ3n) is 2.84. The molecule has 0 fully saturated rings. The van der Waals surface area contributed by atoms with Crippen molar-refractivity contribution in [1.82, 2.24) is 0 Å². The van der Waals surface area contributed by atoms with Gasteiger partial charge in [-0.3, -0.25) is 4.79 Å². The first-order valence-corrected chi connectivity index (χ1v) is 5.79. The Morgan fingerprint density at radius 2 is 1.63 bits per heavy atom. The maximum absolute atomic E-state index is 11.4. The van der Waals surface area contributed by atoms with Crippen LogP contribution in [0, 0.1) is 0 Å². The van der Waals surface area contributed by atoms with Crippen LogP contribution in [0.3, 0.4) is 0 Å². The largest absolute Gasteiger partial charge is 0.478 e. The van der Waals surface area contributed by atoms with E-state index >= 15 is 0 Å². The van der Waals surface area contributed by atoms with Crippen LogP contribution in [0.5, 0.6) is 0 Å². The standard InChI is InChI=1S/C15H13NO3/c16-9-14(17)11-6-4-10(5-7-11)12-2-1-3-13(8-12)15(18)19/h1-8H,9,16H2,(H,18,19). The van der Waals surface area contributed by atoms with Gasteiger partial charge in [-0.05, 0) is 23.3 Å². The van der Waals surface area contributed by atoms with Crippen LogP contribution >= 0.6 is 0 Å².